The average Bonchev–Trinajstić information content (AvgIpc) is 2.51. The van der Waals surface area contributed by atoms with Crippen LogP contribution in [-0.4, -0.2) is 25.1 Å². The smallest absolute Gasteiger partial charge is 0.266 e. The predicted molar refractivity (Wildman–Crippen MR) is 74.0 cm³/mol. The van der Waals surface area contributed by atoms with Crippen LogP contribution in [0, 0.1) is 0 Å². The van der Waals surface area contributed by atoms with Crippen molar-refractivity contribution in [1.82, 2.24) is 0 Å². The van der Waals surface area contributed by atoms with Crippen LogP contribution in [0.5, 0.6) is 0 Å². The monoisotopic (exact) mass is 326 g/mol. The fourth-order valence-corrected chi connectivity index (χ4v) is 4.90. The van der Waals surface area contributed by atoms with Crippen LogP contribution in [0.4, 0.5) is 0 Å². The first-order chi connectivity index (χ1) is 8.05. The van der Waals surface area contributed by atoms with E-state index in [0.29, 0.717) is 0 Å². The summed E-state index contributed by atoms with van der Waals surface area (Å²) in [5, 5.41) is 0. The normalized spacial score (nSPS) is 27.4. The summed E-state index contributed by atoms with van der Waals surface area (Å²) in [6.07, 6.45) is 9.44. The van der Waals surface area contributed by atoms with Crippen molar-refractivity contribution in [1.29, 1.82) is 0 Å². The molecule has 2 unspecified atom stereocenters. The minimum Gasteiger partial charge on any atom is -0.266 e. The summed E-state index contributed by atoms with van der Waals surface area (Å²) >= 11 is 3.38. The molecule has 5 heteroatoms. The molecule has 1 aliphatic rings. The van der Waals surface area contributed by atoms with Gasteiger partial charge in [-0.15, -0.1) is 0 Å². The van der Waals surface area contributed by atoms with Gasteiger partial charge in [0.05, 0.1) is 16.7 Å². The molecule has 0 aromatic rings. The van der Waals surface area contributed by atoms with E-state index in [2.05, 4.69) is 22.9 Å². The van der Waals surface area contributed by atoms with Gasteiger partial charge in [0.1, 0.15) is 0 Å². The highest BCUT2D eigenvalue weighted by Gasteiger charge is 2.36. The summed E-state index contributed by atoms with van der Waals surface area (Å²) in [4.78, 5) is -0.0207. The lowest BCUT2D eigenvalue weighted by atomic mass is 10.1. The number of alkyl halides is 1. The lowest BCUT2D eigenvalue weighted by molar-refractivity contribution is 0.225. The van der Waals surface area contributed by atoms with Gasteiger partial charge >= 0.3 is 0 Å². The first-order valence-electron chi connectivity index (χ1n) is 6.60. The number of hydrogen-bond donors (Lipinski definition) is 0. The molecular formula is C12H23BrO3S. The summed E-state index contributed by atoms with van der Waals surface area (Å²) in [7, 11) is -3.25. The largest absolute Gasteiger partial charge is 0.268 e. The third-order valence-electron chi connectivity index (χ3n) is 3.13. The van der Waals surface area contributed by atoms with Crippen molar-refractivity contribution in [2.75, 3.05) is 5.75 Å². The molecule has 3 nitrogen and oxygen atoms in total. The fourth-order valence-electron chi connectivity index (χ4n) is 2.12. The highest BCUT2D eigenvalue weighted by Crippen LogP contribution is 2.27. The number of rotatable bonds is 8. The summed E-state index contributed by atoms with van der Waals surface area (Å²) in [5.74, 6) is 0.119. The lowest BCUT2D eigenvalue weighted by Crippen LogP contribution is -2.16. The Morgan fingerprint density at radius 1 is 1.12 bits per heavy atom. The maximum Gasteiger partial charge on any atom is 0.268 e. The van der Waals surface area contributed by atoms with Gasteiger partial charge in [0, 0.05) is 0 Å². The average molecular weight is 327 g/mol. The van der Waals surface area contributed by atoms with E-state index in [0.717, 1.165) is 12.8 Å². The molecule has 17 heavy (non-hydrogen) atoms. The Hall–Kier alpha value is 0.390. The summed E-state index contributed by atoms with van der Waals surface area (Å²) < 4.78 is 27.4. The van der Waals surface area contributed by atoms with E-state index >= 15 is 0 Å². The van der Waals surface area contributed by atoms with Crippen LogP contribution in [0.2, 0.25) is 0 Å². The standard InChI is InChI=1S/C12H23BrO3S/c1-2-3-4-5-6-7-8-9-12-11(13)10-17(14,15)16-12/h11-12H,2-10H2,1H3. The van der Waals surface area contributed by atoms with E-state index in [1.54, 1.807) is 0 Å². The topological polar surface area (TPSA) is 43.4 Å². The van der Waals surface area contributed by atoms with Gasteiger partial charge in [-0.05, 0) is 6.42 Å². The molecule has 0 spiro atoms. The SMILES string of the molecule is CCCCCCCCCC1OS(=O)(=O)CC1Br. The van der Waals surface area contributed by atoms with Crippen molar-refractivity contribution in [2.45, 2.75) is 69.2 Å². The van der Waals surface area contributed by atoms with Gasteiger partial charge < -0.3 is 0 Å². The first-order valence-corrected chi connectivity index (χ1v) is 9.09. The van der Waals surface area contributed by atoms with Crippen LogP contribution >= 0.6 is 15.9 Å². The van der Waals surface area contributed by atoms with Gasteiger partial charge in [0.2, 0.25) is 0 Å². The molecule has 0 radical (unpaired) electrons. The molecule has 1 heterocycles. The van der Waals surface area contributed by atoms with E-state index < -0.39 is 10.1 Å². The Morgan fingerprint density at radius 2 is 1.71 bits per heavy atom. The molecule has 0 aliphatic carbocycles. The minimum atomic E-state index is -3.25. The molecule has 0 aromatic carbocycles. The molecule has 1 saturated heterocycles. The molecule has 0 N–H and O–H groups in total. The van der Waals surface area contributed by atoms with Crippen LogP contribution in [0.3, 0.4) is 0 Å². The Morgan fingerprint density at radius 3 is 2.24 bits per heavy atom. The summed E-state index contributed by atoms with van der Waals surface area (Å²) in [6.45, 7) is 2.22. The third-order valence-corrected chi connectivity index (χ3v) is 5.78. The van der Waals surface area contributed by atoms with Crippen molar-refractivity contribution < 1.29 is 12.6 Å². The zero-order valence-electron chi connectivity index (χ0n) is 10.5. The highest BCUT2D eigenvalue weighted by atomic mass is 79.9. The Labute approximate surface area is 114 Å². The molecule has 0 amide bonds. The molecule has 1 aliphatic heterocycles. The fraction of sp³-hybridized carbons (Fsp3) is 1.00. The van der Waals surface area contributed by atoms with Gasteiger partial charge in [-0.25, -0.2) is 0 Å². The van der Waals surface area contributed by atoms with Crippen LogP contribution in [-0.2, 0) is 14.3 Å². The molecule has 1 fully saturated rings. The summed E-state index contributed by atoms with van der Waals surface area (Å²) in [5.41, 5.74) is 0. The molecule has 102 valence electrons. The number of unbranched alkanes of at least 4 members (excludes halogenated alkanes) is 6. The Kier molecular flexibility index (Phi) is 7.04. The van der Waals surface area contributed by atoms with Gasteiger partial charge in [-0.2, -0.15) is 8.42 Å². The zero-order valence-corrected chi connectivity index (χ0v) is 12.9. The zero-order chi connectivity index (χ0) is 12.7. The second kappa shape index (κ2) is 7.74. The van der Waals surface area contributed by atoms with Crippen molar-refractivity contribution in [3.8, 4) is 0 Å². The third kappa shape index (κ3) is 6.20. The second-order valence-electron chi connectivity index (χ2n) is 4.79. The molecule has 0 saturated carbocycles. The van der Waals surface area contributed by atoms with Crippen molar-refractivity contribution in [3.63, 3.8) is 0 Å². The van der Waals surface area contributed by atoms with Crippen molar-refractivity contribution >= 4 is 26.0 Å². The van der Waals surface area contributed by atoms with Crippen LogP contribution in [0.15, 0.2) is 0 Å². The van der Waals surface area contributed by atoms with E-state index in [1.807, 2.05) is 0 Å². The van der Waals surface area contributed by atoms with E-state index in [9.17, 15) is 8.42 Å². The number of hydrogen-bond acceptors (Lipinski definition) is 3. The number of halogens is 1. The van der Waals surface area contributed by atoms with Crippen LogP contribution in [0.1, 0.15) is 58.3 Å². The van der Waals surface area contributed by atoms with E-state index in [1.165, 1.54) is 38.5 Å². The molecule has 0 aromatic heterocycles. The maximum absolute atomic E-state index is 11.2. The molecule has 2 atom stereocenters. The van der Waals surface area contributed by atoms with Crippen molar-refractivity contribution in [2.24, 2.45) is 0 Å². The maximum atomic E-state index is 11.2. The van der Waals surface area contributed by atoms with Crippen LogP contribution < -0.4 is 0 Å². The predicted octanol–water partition coefficient (Wildman–Crippen LogP) is 3.62. The van der Waals surface area contributed by atoms with Gasteiger partial charge in [0.15, 0.2) is 0 Å². The Balaban J connectivity index is 2.04. The van der Waals surface area contributed by atoms with Crippen molar-refractivity contribution in [3.05, 3.63) is 0 Å². The lowest BCUT2D eigenvalue weighted by Gasteiger charge is -2.10. The van der Waals surface area contributed by atoms with Gasteiger partial charge in [-0.3, -0.25) is 4.18 Å². The van der Waals surface area contributed by atoms with E-state index in [-0.39, 0.29) is 16.7 Å². The first kappa shape index (κ1) is 15.4. The Bertz CT molecular complexity index is 303. The molecule has 1 rings (SSSR count). The highest BCUT2D eigenvalue weighted by molar-refractivity contribution is 9.09. The van der Waals surface area contributed by atoms with Crippen LogP contribution in [0.25, 0.3) is 0 Å². The summed E-state index contributed by atoms with van der Waals surface area (Å²) in [6, 6.07) is 0. The molecular weight excluding hydrogens is 304 g/mol. The van der Waals surface area contributed by atoms with Gasteiger partial charge in [-0.1, -0.05) is 67.8 Å². The second-order valence-corrected chi connectivity index (χ2v) is 7.60. The molecule has 0 bridgehead atoms. The quantitative estimate of drug-likeness (QED) is 0.388. The van der Waals surface area contributed by atoms with Gasteiger partial charge in [0.25, 0.3) is 10.1 Å². The minimum absolute atomic E-state index is 0.0207. The van der Waals surface area contributed by atoms with E-state index in [4.69, 9.17) is 4.18 Å².